The number of rotatable bonds is 5. The van der Waals surface area contributed by atoms with Crippen LogP contribution in [0.1, 0.15) is 21.8 Å². The number of hydrogen-bond donors (Lipinski definition) is 0. The number of ether oxygens (including phenoxy) is 1. The van der Waals surface area contributed by atoms with Gasteiger partial charge in [-0.1, -0.05) is 28.9 Å². The van der Waals surface area contributed by atoms with E-state index in [4.69, 9.17) is 9.26 Å². The van der Waals surface area contributed by atoms with Crippen molar-refractivity contribution in [3.8, 4) is 17.1 Å². The molecule has 0 bridgehead atoms. The zero-order chi connectivity index (χ0) is 15.4. The van der Waals surface area contributed by atoms with Gasteiger partial charge in [0, 0.05) is 11.1 Å². The fraction of sp³-hybridized carbons (Fsp3) is 0.118. The Morgan fingerprint density at radius 2 is 2.00 bits per heavy atom. The molecule has 1 heterocycles. The van der Waals surface area contributed by atoms with Gasteiger partial charge in [0.25, 0.3) is 5.89 Å². The molecule has 3 aromatic rings. The standard InChI is InChI=1S/C17H14N2O3/c1-12-3-2-4-14(9-12)17-18-16(22-19-17)11-21-15-7-5-13(10-20)6-8-15/h2-10H,11H2,1H3. The van der Waals surface area contributed by atoms with Crippen molar-refractivity contribution in [2.24, 2.45) is 0 Å². The van der Waals surface area contributed by atoms with Crippen LogP contribution in [0.4, 0.5) is 0 Å². The van der Waals surface area contributed by atoms with Gasteiger partial charge in [-0.3, -0.25) is 4.79 Å². The molecule has 5 nitrogen and oxygen atoms in total. The van der Waals surface area contributed by atoms with Crippen molar-refractivity contribution < 1.29 is 14.1 Å². The molecule has 22 heavy (non-hydrogen) atoms. The number of carbonyl (C=O) groups is 1. The average molecular weight is 294 g/mol. The topological polar surface area (TPSA) is 65.2 Å². The van der Waals surface area contributed by atoms with Crippen LogP contribution in [0.25, 0.3) is 11.4 Å². The Labute approximate surface area is 127 Å². The number of nitrogens with zero attached hydrogens (tertiary/aromatic N) is 2. The molecule has 1 aromatic heterocycles. The van der Waals surface area contributed by atoms with Gasteiger partial charge in [-0.2, -0.15) is 4.98 Å². The molecule has 0 fully saturated rings. The van der Waals surface area contributed by atoms with Crippen molar-refractivity contribution in [2.45, 2.75) is 13.5 Å². The Balaban J connectivity index is 1.67. The highest BCUT2D eigenvalue weighted by Gasteiger charge is 2.09. The summed E-state index contributed by atoms with van der Waals surface area (Å²) < 4.78 is 10.7. The van der Waals surface area contributed by atoms with Gasteiger partial charge >= 0.3 is 0 Å². The van der Waals surface area contributed by atoms with E-state index in [0.717, 1.165) is 17.4 Å². The summed E-state index contributed by atoms with van der Waals surface area (Å²) in [6.45, 7) is 2.19. The Morgan fingerprint density at radius 3 is 2.73 bits per heavy atom. The van der Waals surface area contributed by atoms with E-state index >= 15 is 0 Å². The normalized spacial score (nSPS) is 10.4. The van der Waals surface area contributed by atoms with Gasteiger partial charge in [-0.15, -0.1) is 0 Å². The molecule has 0 spiro atoms. The zero-order valence-electron chi connectivity index (χ0n) is 12.0. The van der Waals surface area contributed by atoms with Crippen molar-refractivity contribution in [1.82, 2.24) is 10.1 Å². The maximum Gasteiger partial charge on any atom is 0.264 e. The Hall–Kier alpha value is -2.95. The molecule has 0 aliphatic carbocycles. The Bertz CT molecular complexity index is 779. The summed E-state index contributed by atoms with van der Waals surface area (Å²) >= 11 is 0. The molecule has 0 radical (unpaired) electrons. The first-order valence-corrected chi connectivity index (χ1v) is 6.82. The molecule has 3 rings (SSSR count). The van der Waals surface area contributed by atoms with E-state index in [2.05, 4.69) is 10.1 Å². The van der Waals surface area contributed by atoms with Crippen LogP contribution in [0.15, 0.2) is 53.1 Å². The van der Waals surface area contributed by atoms with Crippen LogP contribution < -0.4 is 4.74 Å². The second-order valence-corrected chi connectivity index (χ2v) is 4.86. The molecule has 0 aliphatic heterocycles. The Morgan fingerprint density at radius 1 is 1.18 bits per heavy atom. The summed E-state index contributed by atoms with van der Waals surface area (Å²) in [6.07, 6.45) is 0.788. The third-order valence-corrected chi connectivity index (χ3v) is 3.12. The third-order valence-electron chi connectivity index (χ3n) is 3.12. The minimum atomic E-state index is 0.180. The van der Waals surface area contributed by atoms with Gasteiger partial charge in [0.1, 0.15) is 12.0 Å². The molecule has 0 aliphatic rings. The van der Waals surface area contributed by atoms with Crippen LogP contribution in [-0.2, 0) is 6.61 Å². The number of hydrogen-bond acceptors (Lipinski definition) is 5. The van der Waals surface area contributed by atoms with Crippen molar-refractivity contribution >= 4 is 6.29 Å². The molecule has 0 unspecified atom stereocenters. The van der Waals surface area contributed by atoms with E-state index in [-0.39, 0.29) is 6.61 Å². The summed E-state index contributed by atoms with van der Waals surface area (Å²) in [5.41, 5.74) is 2.65. The summed E-state index contributed by atoms with van der Waals surface area (Å²) in [7, 11) is 0. The van der Waals surface area contributed by atoms with Crippen LogP contribution in [-0.4, -0.2) is 16.4 Å². The Kier molecular flexibility index (Phi) is 3.96. The summed E-state index contributed by atoms with van der Waals surface area (Å²) in [5.74, 6) is 1.58. The smallest absolute Gasteiger partial charge is 0.264 e. The lowest BCUT2D eigenvalue weighted by molar-refractivity contribution is 0.112. The minimum Gasteiger partial charge on any atom is -0.484 e. The molecular weight excluding hydrogens is 280 g/mol. The molecule has 2 aromatic carbocycles. The first-order valence-electron chi connectivity index (χ1n) is 6.82. The first kappa shape index (κ1) is 14.0. The van der Waals surface area contributed by atoms with Gasteiger partial charge in [0.2, 0.25) is 5.82 Å². The largest absolute Gasteiger partial charge is 0.484 e. The predicted octanol–water partition coefficient (Wildman–Crippen LogP) is 3.44. The molecule has 0 saturated heterocycles. The number of benzene rings is 2. The van der Waals surface area contributed by atoms with Crippen LogP contribution in [0.3, 0.4) is 0 Å². The van der Waals surface area contributed by atoms with Gasteiger partial charge < -0.3 is 9.26 Å². The van der Waals surface area contributed by atoms with Crippen molar-refractivity contribution in [2.75, 3.05) is 0 Å². The van der Waals surface area contributed by atoms with Crippen LogP contribution in [0.2, 0.25) is 0 Å². The monoisotopic (exact) mass is 294 g/mol. The molecule has 110 valence electrons. The van der Waals surface area contributed by atoms with Gasteiger partial charge in [0.15, 0.2) is 6.61 Å². The third kappa shape index (κ3) is 3.20. The first-order chi connectivity index (χ1) is 10.7. The molecule has 0 atom stereocenters. The number of aromatic nitrogens is 2. The van der Waals surface area contributed by atoms with Crippen molar-refractivity contribution in [1.29, 1.82) is 0 Å². The molecule has 5 heteroatoms. The molecular formula is C17H14N2O3. The highest BCUT2D eigenvalue weighted by atomic mass is 16.5. The molecule has 0 saturated carbocycles. The van der Waals surface area contributed by atoms with E-state index < -0.39 is 0 Å². The number of aryl methyl sites for hydroxylation is 1. The predicted molar refractivity (Wildman–Crippen MR) is 80.6 cm³/mol. The van der Waals surface area contributed by atoms with E-state index in [1.807, 2.05) is 31.2 Å². The minimum absolute atomic E-state index is 0.180. The van der Waals surface area contributed by atoms with E-state index in [9.17, 15) is 4.79 Å². The zero-order valence-corrected chi connectivity index (χ0v) is 12.0. The number of aldehydes is 1. The quantitative estimate of drug-likeness (QED) is 0.674. The van der Waals surface area contributed by atoms with Crippen LogP contribution in [0, 0.1) is 6.92 Å². The lowest BCUT2D eigenvalue weighted by Gasteiger charge is -2.02. The highest BCUT2D eigenvalue weighted by molar-refractivity contribution is 5.74. The van der Waals surface area contributed by atoms with Gasteiger partial charge in [0.05, 0.1) is 0 Å². The average Bonchev–Trinajstić information content (AvgIpc) is 3.02. The van der Waals surface area contributed by atoms with E-state index in [1.54, 1.807) is 24.3 Å². The van der Waals surface area contributed by atoms with Gasteiger partial charge in [-0.25, -0.2) is 0 Å². The second-order valence-electron chi connectivity index (χ2n) is 4.86. The SMILES string of the molecule is Cc1cccc(-c2noc(COc3ccc(C=O)cc3)n2)c1. The fourth-order valence-corrected chi connectivity index (χ4v) is 2.00. The number of carbonyl (C=O) groups excluding carboxylic acids is 1. The van der Waals surface area contributed by atoms with Gasteiger partial charge in [-0.05, 0) is 37.3 Å². The van der Waals surface area contributed by atoms with Crippen molar-refractivity contribution in [3.63, 3.8) is 0 Å². The summed E-state index contributed by atoms with van der Waals surface area (Å²) in [5, 5.41) is 3.95. The van der Waals surface area contributed by atoms with Crippen molar-refractivity contribution in [3.05, 3.63) is 65.5 Å². The maximum atomic E-state index is 10.6. The fourth-order valence-electron chi connectivity index (χ4n) is 2.00. The lowest BCUT2D eigenvalue weighted by atomic mass is 10.1. The van der Waals surface area contributed by atoms with Crippen LogP contribution in [0.5, 0.6) is 5.75 Å². The second kappa shape index (κ2) is 6.22. The lowest BCUT2D eigenvalue weighted by Crippen LogP contribution is -1.96. The maximum absolute atomic E-state index is 10.6. The summed E-state index contributed by atoms with van der Waals surface area (Å²) in [4.78, 5) is 14.9. The molecule has 0 N–H and O–H groups in total. The van der Waals surface area contributed by atoms with E-state index in [0.29, 0.717) is 23.0 Å². The molecule has 0 amide bonds. The van der Waals surface area contributed by atoms with E-state index in [1.165, 1.54) is 0 Å². The summed E-state index contributed by atoms with van der Waals surface area (Å²) in [6, 6.07) is 14.7. The highest BCUT2D eigenvalue weighted by Crippen LogP contribution is 2.18. The van der Waals surface area contributed by atoms with Crippen LogP contribution >= 0.6 is 0 Å².